The number of pyridine rings is 1. The van der Waals surface area contributed by atoms with Gasteiger partial charge in [0.05, 0.1) is 28.2 Å². The molecule has 1 unspecified atom stereocenters. The number of carbonyl (C=O) groups is 2. The predicted molar refractivity (Wildman–Crippen MR) is 135 cm³/mol. The van der Waals surface area contributed by atoms with Gasteiger partial charge in [-0.15, -0.1) is 0 Å². The van der Waals surface area contributed by atoms with Crippen molar-refractivity contribution in [1.29, 1.82) is 0 Å². The Bertz CT molecular complexity index is 1350. The number of benzene rings is 2. The number of Topliss-reactive ketones (excluding diaryl/α,β-unsaturated/α-hetero) is 1. The molecule has 8 heteroatoms. The number of nitrogens with one attached hydrogen (secondary N) is 1. The SMILES string of the molecule is CCS(=O)(=O)c1ccc(CC(=O)Nc2ccc3c(n2)CCC(C)(c2ccc(Br)cc2)C3=O)cc1. The van der Waals surface area contributed by atoms with E-state index in [-0.39, 0.29) is 28.8 Å². The molecule has 6 nitrogen and oxygen atoms in total. The summed E-state index contributed by atoms with van der Waals surface area (Å²) < 4.78 is 24.8. The van der Waals surface area contributed by atoms with Crippen molar-refractivity contribution >= 4 is 43.3 Å². The lowest BCUT2D eigenvalue weighted by Crippen LogP contribution is -2.38. The lowest BCUT2D eigenvalue weighted by atomic mass is 9.69. The Kier molecular flexibility index (Phi) is 6.73. The first-order valence-electron chi connectivity index (χ1n) is 11.0. The highest BCUT2D eigenvalue weighted by Gasteiger charge is 2.40. The minimum absolute atomic E-state index is 0.0294. The summed E-state index contributed by atoms with van der Waals surface area (Å²) in [5.41, 5.74) is 2.33. The standard InChI is InChI=1S/C26H25BrN2O4S/c1-3-34(32,33)20-10-4-17(5-11-20)16-24(30)29-23-13-12-21-22(28-23)14-15-26(2,25(21)31)18-6-8-19(27)9-7-18/h4-13H,3,14-16H2,1-2H3,(H,28,29,30). The van der Waals surface area contributed by atoms with Crippen molar-refractivity contribution in [2.75, 3.05) is 11.1 Å². The molecular formula is C26H25BrN2O4S. The first-order valence-corrected chi connectivity index (χ1v) is 13.5. The van der Waals surface area contributed by atoms with E-state index in [9.17, 15) is 18.0 Å². The van der Waals surface area contributed by atoms with Gasteiger partial charge in [-0.2, -0.15) is 0 Å². The second-order valence-corrected chi connectivity index (χ2v) is 11.8. The van der Waals surface area contributed by atoms with Gasteiger partial charge in [-0.3, -0.25) is 9.59 Å². The van der Waals surface area contributed by atoms with E-state index in [1.807, 2.05) is 31.2 Å². The molecule has 2 aromatic carbocycles. The van der Waals surface area contributed by atoms with Crippen LogP contribution in [0.15, 0.2) is 70.0 Å². The van der Waals surface area contributed by atoms with Gasteiger partial charge in [-0.1, -0.05) is 47.1 Å². The molecule has 1 amide bonds. The van der Waals surface area contributed by atoms with Gasteiger partial charge >= 0.3 is 0 Å². The Morgan fingerprint density at radius 2 is 1.74 bits per heavy atom. The van der Waals surface area contributed by atoms with Crippen molar-refractivity contribution in [2.24, 2.45) is 0 Å². The van der Waals surface area contributed by atoms with Gasteiger partial charge in [0.25, 0.3) is 0 Å². The monoisotopic (exact) mass is 540 g/mol. The van der Waals surface area contributed by atoms with Crippen LogP contribution in [0.4, 0.5) is 5.82 Å². The number of rotatable bonds is 6. The lowest BCUT2D eigenvalue weighted by Gasteiger charge is -2.33. The third-order valence-electron chi connectivity index (χ3n) is 6.36. The van der Waals surface area contributed by atoms with Crippen LogP contribution in [0.25, 0.3) is 0 Å². The molecule has 1 aliphatic rings. The van der Waals surface area contributed by atoms with E-state index in [1.54, 1.807) is 31.2 Å². The zero-order valence-electron chi connectivity index (χ0n) is 19.0. The molecule has 1 atom stereocenters. The highest BCUT2D eigenvalue weighted by molar-refractivity contribution is 9.10. The quantitative estimate of drug-likeness (QED) is 0.479. The second kappa shape index (κ2) is 9.43. The minimum atomic E-state index is -3.27. The first kappa shape index (κ1) is 24.3. The molecule has 1 aromatic heterocycles. The van der Waals surface area contributed by atoms with Gasteiger partial charge in [0.2, 0.25) is 5.91 Å². The van der Waals surface area contributed by atoms with Crippen LogP contribution in [0.5, 0.6) is 0 Å². The van der Waals surface area contributed by atoms with E-state index >= 15 is 0 Å². The van der Waals surface area contributed by atoms with Crippen molar-refractivity contribution in [3.8, 4) is 0 Å². The van der Waals surface area contributed by atoms with E-state index in [4.69, 9.17) is 0 Å². The Balaban J connectivity index is 1.46. The number of amides is 1. The van der Waals surface area contributed by atoms with Gasteiger partial charge < -0.3 is 5.32 Å². The van der Waals surface area contributed by atoms with E-state index < -0.39 is 15.3 Å². The maximum Gasteiger partial charge on any atom is 0.229 e. The van der Waals surface area contributed by atoms with Crippen LogP contribution < -0.4 is 5.32 Å². The second-order valence-electron chi connectivity index (χ2n) is 8.63. The maximum absolute atomic E-state index is 13.3. The van der Waals surface area contributed by atoms with Crippen LogP contribution in [-0.2, 0) is 32.9 Å². The molecule has 1 N–H and O–H groups in total. The van der Waals surface area contributed by atoms with Crippen LogP contribution in [0.3, 0.4) is 0 Å². The van der Waals surface area contributed by atoms with Crippen molar-refractivity contribution in [3.05, 3.63) is 87.5 Å². The van der Waals surface area contributed by atoms with Gasteiger partial charge in [0.1, 0.15) is 5.82 Å². The molecule has 0 aliphatic heterocycles. The highest BCUT2D eigenvalue weighted by atomic mass is 79.9. The molecule has 0 radical (unpaired) electrons. The number of hydrogen-bond acceptors (Lipinski definition) is 5. The largest absolute Gasteiger partial charge is 0.310 e. The zero-order chi connectivity index (χ0) is 24.5. The fourth-order valence-corrected chi connectivity index (χ4v) is 5.34. The number of aryl methyl sites for hydroxylation is 1. The van der Waals surface area contributed by atoms with Crippen LogP contribution in [-0.4, -0.2) is 30.8 Å². The molecule has 0 saturated carbocycles. The fraction of sp³-hybridized carbons (Fsp3) is 0.269. The molecule has 1 aliphatic carbocycles. The molecule has 0 bridgehead atoms. The summed E-state index contributed by atoms with van der Waals surface area (Å²) in [4.78, 5) is 30.6. The molecule has 0 fully saturated rings. The number of aromatic nitrogens is 1. The van der Waals surface area contributed by atoms with E-state index in [0.717, 1.165) is 10.0 Å². The molecule has 0 saturated heterocycles. The molecular weight excluding hydrogens is 516 g/mol. The van der Waals surface area contributed by atoms with E-state index in [1.165, 1.54) is 12.1 Å². The lowest BCUT2D eigenvalue weighted by molar-refractivity contribution is -0.115. The number of anilines is 1. The summed E-state index contributed by atoms with van der Waals surface area (Å²) in [7, 11) is -3.27. The topological polar surface area (TPSA) is 93.2 Å². The predicted octanol–water partition coefficient (Wildman–Crippen LogP) is 4.91. The third-order valence-corrected chi connectivity index (χ3v) is 8.64. The van der Waals surface area contributed by atoms with E-state index in [2.05, 4.69) is 26.2 Å². The summed E-state index contributed by atoms with van der Waals surface area (Å²) in [6, 6.07) is 17.5. The molecule has 3 aromatic rings. The number of carbonyl (C=O) groups excluding carboxylic acids is 2. The van der Waals surface area contributed by atoms with Gasteiger partial charge in [-0.25, -0.2) is 13.4 Å². The van der Waals surface area contributed by atoms with Gasteiger partial charge in [0.15, 0.2) is 15.6 Å². The van der Waals surface area contributed by atoms with Crippen molar-refractivity contribution in [1.82, 2.24) is 4.98 Å². The van der Waals surface area contributed by atoms with Crippen LogP contribution in [0.1, 0.15) is 47.4 Å². The summed E-state index contributed by atoms with van der Waals surface area (Å²) in [6.07, 6.45) is 1.36. The van der Waals surface area contributed by atoms with Crippen molar-refractivity contribution < 1.29 is 18.0 Å². The highest BCUT2D eigenvalue weighted by Crippen LogP contribution is 2.38. The van der Waals surface area contributed by atoms with Gasteiger partial charge in [0, 0.05) is 10.0 Å². The summed E-state index contributed by atoms with van der Waals surface area (Å²) in [5.74, 6) is 0.194. The Hall–Kier alpha value is -2.84. The molecule has 1 heterocycles. The smallest absolute Gasteiger partial charge is 0.229 e. The molecule has 176 valence electrons. The number of nitrogens with zero attached hydrogens (tertiary/aromatic N) is 1. The number of halogens is 1. The fourth-order valence-electron chi connectivity index (χ4n) is 4.19. The Morgan fingerprint density at radius 3 is 2.38 bits per heavy atom. The number of hydrogen-bond donors (Lipinski definition) is 1. The molecule has 0 spiro atoms. The summed E-state index contributed by atoms with van der Waals surface area (Å²) >= 11 is 3.44. The molecule has 34 heavy (non-hydrogen) atoms. The number of ketones is 1. The average Bonchev–Trinajstić information content (AvgIpc) is 2.82. The number of fused-ring (bicyclic) bond motifs is 1. The van der Waals surface area contributed by atoms with Crippen molar-refractivity contribution in [3.63, 3.8) is 0 Å². The first-order chi connectivity index (χ1) is 16.1. The number of sulfone groups is 1. The minimum Gasteiger partial charge on any atom is -0.310 e. The average molecular weight is 541 g/mol. The Labute approximate surface area is 207 Å². The molecule has 4 rings (SSSR count). The van der Waals surface area contributed by atoms with Gasteiger partial charge in [-0.05, 0) is 67.3 Å². The van der Waals surface area contributed by atoms with Crippen LogP contribution in [0.2, 0.25) is 0 Å². The summed E-state index contributed by atoms with van der Waals surface area (Å²) in [5, 5.41) is 2.79. The Morgan fingerprint density at radius 1 is 1.06 bits per heavy atom. The van der Waals surface area contributed by atoms with Crippen LogP contribution >= 0.6 is 15.9 Å². The third kappa shape index (κ3) is 4.83. The van der Waals surface area contributed by atoms with E-state index in [0.29, 0.717) is 35.5 Å². The normalized spacial score (nSPS) is 17.8. The van der Waals surface area contributed by atoms with Crippen molar-refractivity contribution in [2.45, 2.75) is 43.4 Å². The maximum atomic E-state index is 13.3. The summed E-state index contributed by atoms with van der Waals surface area (Å²) in [6.45, 7) is 3.56. The van der Waals surface area contributed by atoms with Crippen LogP contribution in [0, 0.1) is 0 Å². The zero-order valence-corrected chi connectivity index (χ0v) is 21.4.